The summed E-state index contributed by atoms with van der Waals surface area (Å²) in [4.78, 5) is 14.6. The van der Waals surface area contributed by atoms with Gasteiger partial charge in [-0.15, -0.1) is 0 Å². The van der Waals surface area contributed by atoms with E-state index in [1.807, 2.05) is 6.07 Å². The van der Waals surface area contributed by atoms with Gasteiger partial charge >= 0.3 is 5.97 Å². The molecule has 2 aromatic carbocycles. The molecule has 0 aromatic heterocycles. The molecule has 130 valence electrons. The molecule has 2 aliphatic rings. The maximum Gasteiger partial charge on any atom is 0.325 e. The third-order valence-corrected chi connectivity index (χ3v) is 5.65. The zero-order valence-corrected chi connectivity index (χ0v) is 14.7. The average Bonchev–Trinajstić information content (AvgIpc) is 3.44. The largest absolute Gasteiger partial charge is 0.468 e. The average molecular weight is 335 g/mol. The van der Waals surface area contributed by atoms with Crippen LogP contribution in [0, 0.1) is 0 Å². The molecule has 25 heavy (non-hydrogen) atoms. The van der Waals surface area contributed by atoms with Gasteiger partial charge in [0.2, 0.25) is 0 Å². The zero-order valence-electron chi connectivity index (χ0n) is 14.7. The van der Waals surface area contributed by atoms with Crippen LogP contribution in [-0.4, -0.2) is 30.1 Å². The molecule has 0 radical (unpaired) electrons. The van der Waals surface area contributed by atoms with Crippen LogP contribution in [0.5, 0.6) is 0 Å². The van der Waals surface area contributed by atoms with E-state index in [1.165, 1.54) is 55.9 Å². The number of esters is 1. The fourth-order valence-corrected chi connectivity index (χ4v) is 4.31. The lowest BCUT2D eigenvalue weighted by molar-refractivity contribution is -0.141. The number of hydrogen-bond donors (Lipinski definition) is 0. The summed E-state index contributed by atoms with van der Waals surface area (Å²) < 4.78 is 5.06. The van der Waals surface area contributed by atoms with Gasteiger partial charge in [0.05, 0.1) is 13.2 Å². The maximum atomic E-state index is 12.2. The van der Waals surface area contributed by atoms with Crippen LogP contribution >= 0.6 is 0 Å². The first-order valence-corrected chi connectivity index (χ1v) is 9.30. The molecule has 1 saturated heterocycles. The van der Waals surface area contributed by atoms with E-state index in [9.17, 15) is 4.79 Å². The number of carbonyl (C=O) groups is 1. The van der Waals surface area contributed by atoms with Gasteiger partial charge in [-0.05, 0) is 29.5 Å². The van der Waals surface area contributed by atoms with Crippen molar-refractivity contribution in [2.75, 3.05) is 7.11 Å². The topological polar surface area (TPSA) is 29.3 Å². The highest BCUT2D eigenvalue weighted by Crippen LogP contribution is 2.48. The van der Waals surface area contributed by atoms with Gasteiger partial charge in [0.1, 0.15) is 6.04 Å². The van der Waals surface area contributed by atoms with E-state index in [1.54, 1.807) is 0 Å². The second-order valence-electron chi connectivity index (χ2n) is 7.14. The molecule has 3 atom stereocenters. The van der Waals surface area contributed by atoms with E-state index in [2.05, 4.69) is 53.4 Å². The standard InChI is InChI=1S/C22H25NO2/c1-25-22(24)21-20(23(21)19-10-6-3-7-11-19)18-14-12-17(13-15-18)16-8-4-2-5-9-16/h2,4-5,8-9,12-15,19-21H,3,6-7,10-11H2,1H3/t20-,21+,23?/m0/s1. The van der Waals surface area contributed by atoms with Crippen LogP contribution in [-0.2, 0) is 9.53 Å². The Balaban J connectivity index is 1.55. The molecule has 2 fully saturated rings. The van der Waals surface area contributed by atoms with E-state index in [4.69, 9.17) is 4.74 Å². The number of rotatable bonds is 4. The molecule has 1 unspecified atom stereocenters. The predicted octanol–water partition coefficient (Wildman–Crippen LogP) is 4.58. The molecule has 0 amide bonds. The van der Waals surface area contributed by atoms with Crippen molar-refractivity contribution in [1.82, 2.24) is 4.90 Å². The molecule has 3 nitrogen and oxygen atoms in total. The van der Waals surface area contributed by atoms with E-state index in [-0.39, 0.29) is 18.1 Å². The van der Waals surface area contributed by atoms with Crippen molar-refractivity contribution in [3.63, 3.8) is 0 Å². The summed E-state index contributed by atoms with van der Waals surface area (Å²) in [6, 6.07) is 19.7. The smallest absolute Gasteiger partial charge is 0.325 e. The van der Waals surface area contributed by atoms with Crippen LogP contribution in [0.15, 0.2) is 54.6 Å². The lowest BCUT2D eigenvalue weighted by Crippen LogP contribution is -2.26. The predicted molar refractivity (Wildman–Crippen MR) is 99.1 cm³/mol. The highest BCUT2D eigenvalue weighted by Gasteiger charge is 2.56. The Kier molecular flexibility index (Phi) is 4.58. The molecule has 1 aliphatic carbocycles. The van der Waals surface area contributed by atoms with Crippen LogP contribution in [0.4, 0.5) is 0 Å². The van der Waals surface area contributed by atoms with Crippen molar-refractivity contribution in [2.45, 2.75) is 50.2 Å². The second-order valence-corrected chi connectivity index (χ2v) is 7.14. The number of ether oxygens (including phenoxy) is 1. The van der Waals surface area contributed by atoms with Crippen LogP contribution in [0.3, 0.4) is 0 Å². The first kappa shape index (κ1) is 16.3. The summed E-state index contributed by atoms with van der Waals surface area (Å²) in [6.45, 7) is 0. The van der Waals surface area contributed by atoms with Gasteiger partial charge in [-0.2, -0.15) is 0 Å². The number of methoxy groups -OCH3 is 1. The van der Waals surface area contributed by atoms with Crippen LogP contribution < -0.4 is 0 Å². The molecular formula is C22H25NO2. The van der Waals surface area contributed by atoms with Gasteiger partial charge < -0.3 is 4.74 Å². The van der Waals surface area contributed by atoms with Crippen molar-refractivity contribution in [2.24, 2.45) is 0 Å². The SMILES string of the molecule is COC(=O)[C@H]1[C@H](c2ccc(-c3ccccc3)cc2)N1C1CCCCC1. The van der Waals surface area contributed by atoms with E-state index in [0.29, 0.717) is 6.04 Å². The van der Waals surface area contributed by atoms with Gasteiger partial charge in [0, 0.05) is 6.04 Å². The van der Waals surface area contributed by atoms with Gasteiger partial charge in [-0.1, -0.05) is 73.9 Å². The molecule has 3 heteroatoms. The molecule has 0 N–H and O–H groups in total. The van der Waals surface area contributed by atoms with Crippen LogP contribution in [0.25, 0.3) is 11.1 Å². The highest BCUT2D eigenvalue weighted by molar-refractivity contribution is 5.81. The van der Waals surface area contributed by atoms with Gasteiger partial charge in [0.25, 0.3) is 0 Å². The number of carbonyl (C=O) groups excluding carboxylic acids is 1. The highest BCUT2D eigenvalue weighted by atomic mass is 16.5. The molecule has 2 aromatic rings. The quantitative estimate of drug-likeness (QED) is 0.605. The monoisotopic (exact) mass is 335 g/mol. The Bertz CT molecular complexity index is 719. The third kappa shape index (κ3) is 3.21. The second kappa shape index (κ2) is 7.01. The van der Waals surface area contributed by atoms with E-state index in [0.717, 1.165) is 0 Å². The minimum Gasteiger partial charge on any atom is -0.468 e. The Hall–Kier alpha value is -2.13. The molecular weight excluding hydrogens is 310 g/mol. The Morgan fingerprint density at radius 3 is 2.20 bits per heavy atom. The van der Waals surface area contributed by atoms with Gasteiger partial charge in [-0.3, -0.25) is 9.69 Å². The number of benzene rings is 2. The molecule has 0 spiro atoms. The lowest BCUT2D eigenvalue weighted by atomic mass is 9.95. The maximum absolute atomic E-state index is 12.2. The summed E-state index contributed by atoms with van der Waals surface area (Å²) in [5, 5.41) is 0. The van der Waals surface area contributed by atoms with Gasteiger partial charge in [-0.25, -0.2) is 0 Å². The van der Waals surface area contributed by atoms with Gasteiger partial charge in [0.15, 0.2) is 0 Å². The molecule has 4 rings (SSSR count). The summed E-state index contributed by atoms with van der Waals surface area (Å²) in [5.41, 5.74) is 3.66. The summed E-state index contributed by atoms with van der Waals surface area (Å²) in [6.07, 6.45) is 6.27. The fraction of sp³-hybridized carbons (Fsp3) is 0.409. The van der Waals surface area contributed by atoms with Crippen LogP contribution in [0.1, 0.15) is 43.7 Å². The summed E-state index contributed by atoms with van der Waals surface area (Å²) in [5.74, 6) is -0.0947. The Morgan fingerprint density at radius 2 is 1.56 bits per heavy atom. The molecule has 1 saturated carbocycles. The van der Waals surface area contributed by atoms with E-state index < -0.39 is 0 Å². The Labute approximate surface area is 149 Å². The van der Waals surface area contributed by atoms with Crippen molar-refractivity contribution < 1.29 is 9.53 Å². The molecule has 1 aliphatic heterocycles. The summed E-state index contributed by atoms with van der Waals surface area (Å²) >= 11 is 0. The number of hydrogen-bond acceptors (Lipinski definition) is 3. The van der Waals surface area contributed by atoms with E-state index >= 15 is 0 Å². The number of nitrogens with zero attached hydrogens (tertiary/aromatic N) is 1. The lowest BCUT2D eigenvalue weighted by Gasteiger charge is -2.24. The van der Waals surface area contributed by atoms with Crippen molar-refractivity contribution in [3.8, 4) is 11.1 Å². The van der Waals surface area contributed by atoms with Crippen molar-refractivity contribution in [1.29, 1.82) is 0 Å². The first-order valence-electron chi connectivity index (χ1n) is 9.30. The minimum absolute atomic E-state index is 0.0947. The zero-order chi connectivity index (χ0) is 17.2. The minimum atomic E-state index is -0.101. The molecule has 0 bridgehead atoms. The summed E-state index contributed by atoms with van der Waals surface area (Å²) in [7, 11) is 1.50. The van der Waals surface area contributed by atoms with Crippen molar-refractivity contribution >= 4 is 5.97 Å². The normalized spacial score (nSPS) is 26.2. The first-order chi connectivity index (χ1) is 12.3. The van der Waals surface area contributed by atoms with Crippen molar-refractivity contribution in [3.05, 3.63) is 60.2 Å². The fourth-order valence-electron chi connectivity index (χ4n) is 4.31. The third-order valence-electron chi connectivity index (χ3n) is 5.65. The molecule has 1 heterocycles. The van der Waals surface area contributed by atoms with Crippen LogP contribution in [0.2, 0.25) is 0 Å². The Morgan fingerprint density at radius 1 is 0.920 bits per heavy atom.